The monoisotopic (exact) mass is 239 g/mol. The molecular weight excluding hydrogens is 218 g/mol. The van der Waals surface area contributed by atoms with Crippen LogP contribution in [0.4, 0.5) is 0 Å². The zero-order valence-electron chi connectivity index (χ0n) is 9.48. The third kappa shape index (κ3) is 6.83. The van der Waals surface area contributed by atoms with Gasteiger partial charge in [0, 0.05) is 26.8 Å². The molecule has 0 saturated heterocycles. The van der Waals surface area contributed by atoms with E-state index in [9.17, 15) is 8.42 Å². The Kier molecular flexibility index (Phi) is 7.95. The van der Waals surface area contributed by atoms with Crippen molar-refractivity contribution in [1.82, 2.24) is 4.31 Å². The molecule has 1 N–H and O–H groups in total. The van der Waals surface area contributed by atoms with Gasteiger partial charge >= 0.3 is 0 Å². The summed E-state index contributed by atoms with van der Waals surface area (Å²) in [4.78, 5) is 0. The van der Waals surface area contributed by atoms with Crippen molar-refractivity contribution >= 4 is 10.0 Å². The van der Waals surface area contributed by atoms with Gasteiger partial charge in [0.2, 0.25) is 10.0 Å². The van der Waals surface area contributed by atoms with E-state index >= 15 is 0 Å². The molecule has 5 nitrogen and oxygen atoms in total. The molecule has 0 aromatic carbocycles. The van der Waals surface area contributed by atoms with E-state index in [1.165, 1.54) is 4.31 Å². The minimum absolute atomic E-state index is 0.0399. The first kappa shape index (κ1) is 14.8. The molecule has 0 amide bonds. The van der Waals surface area contributed by atoms with Crippen molar-refractivity contribution < 1.29 is 18.3 Å². The SMILES string of the molecule is CCOCCN(C)S(=O)(=O)CCCCO. The van der Waals surface area contributed by atoms with E-state index in [0.29, 0.717) is 32.6 Å². The fraction of sp³-hybridized carbons (Fsp3) is 1.00. The number of likely N-dealkylation sites (N-methyl/N-ethyl adjacent to an activating group) is 1. The Morgan fingerprint density at radius 2 is 2.00 bits per heavy atom. The Morgan fingerprint density at radius 3 is 2.53 bits per heavy atom. The molecule has 0 heterocycles. The maximum absolute atomic E-state index is 11.6. The van der Waals surface area contributed by atoms with Crippen molar-refractivity contribution in [2.75, 3.05) is 39.2 Å². The quantitative estimate of drug-likeness (QED) is 0.578. The number of ether oxygens (including phenoxy) is 1. The number of hydrogen-bond acceptors (Lipinski definition) is 4. The molecule has 0 spiro atoms. The van der Waals surface area contributed by atoms with Crippen LogP contribution in [0.25, 0.3) is 0 Å². The Morgan fingerprint density at radius 1 is 1.33 bits per heavy atom. The number of unbranched alkanes of at least 4 members (excludes halogenated alkanes) is 1. The van der Waals surface area contributed by atoms with Crippen molar-refractivity contribution in [3.05, 3.63) is 0 Å². The standard InChI is InChI=1S/C9H21NO4S/c1-3-14-8-6-10(2)15(12,13)9-5-4-7-11/h11H,3-9H2,1-2H3. The van der Waals surface area contributed by atoms with Crippen LogP contribution in [-0.2, 0) is 14.8 Å². The number of nitrogens with zero attached hydrogens (tertiary/aromatic N) is 1. The molecule has 0 bridgehead atoms. The van der Waals surface area contributed by atoms with Crippen LogP contribution in [0.1, 0.15) is 19.8 Å². The van der Waals surface area contributed by atoms with Crippen molar-refractivity contribution in [1.29, 1.82) is 0 Å². The van der Waals surface area contributed by atoms with Crippen molar-refractivity contribution in [2.45, 2.75) is 19.8 Å². The topological polar surface area (TPSA) is 66.8 Å². The van der Waals surface area contributed by atoms with Gasteiger partial charge in [-0.1, -0.05) is 0 Å². The number of hydrogen-bond donors (Lipinski definition) is 1. The summed E-state index contributed by atoms with van der Waals surface area (Å²) >= 11 is 0. The summed E-state index contributed by atoms with van der Waals surface area (Å²) in [5, 5.41) is 8.55. The second-order valence-corrected chi connectivity index (χ2v) is 5.46. The van der Waals surface area contributed by atoms with Gasteiger partial charge in [-0.25, -0.2) is 12.7 Å². The molecule has 0 fully saturated rings. The Balaban J connectivity index is 3.86. The molecule has 0 unspecified atom stereocenters. The highest BCUT2D eigenvalue weighted by molar-refractivity contribution is 7.89. The van der Waals surface area contributed by atoms with E-state index < -0.39 is 10.0 Å². The molecule has 0 aromatic rings. The number of sulfonamides is 1. The first-order valence-corrected chi connectivity index (χ1v) is 6.78. The van der Waals surface area contributed by atoms with Gasteiger partial charge in [0.15, 0.2) is 0 Å². The molecule has 0 aliphatic rings. The van der Waals surface area contributed by atoms with Crippen LogP contribution in [-0.4, -0.2) is 57.0 Å². The molecule has 0 radical (unpaired) electrons. The first-order valence-electron chi connectivity index (χ1n) is 5.17. The van der Waals surface area contributed by atoms with E-state index in [2.05, 4.69) is 0 Å². The van der Waals surface area contributed by atoms with Crippen molar-refractivity contribution in [3.63, 3.8) is 0 Å². The van der Waals surface area contributed by atoms with Gasteiger partial charge in [-0.05, 0) is 19.8 Å². The third-order valence-electron chi connectivity index (χ3n) is 2.04. The van der Waals surface area contributed by atoms with Crippen LogP contribution >= 0.6 is 0 Å². The number of aliphatic hydroxyl groups is 1. The van der Waals surface area contributed by atoms with Gasteiger partial charge in [-0.3, -0.25) is 0 Å². The Hall–Kier alpha value is -0.170. The summed E-state index contributed by atoms with van der Waals surface area (Å²) in [5.41, 5.74) is 0. The van der Waals surface area contributed by atoms with Gasteiger partial charge in [0.05, 0.1) is 12.4 Å². The summed E-state index contributed by atoms with van der Waals surface area (Å²) in [6.07, 6.45) is 1.02. The highest BCUT2D eigenvalue weighted by atomic mass is 32.2. The maximum atomic E-state index is 11.6. The summed E-state index contributed by atoms with van der Waals surface area (Å²) in [6, 6.07) is 0. The molecule has 0 aliphatic heterocycles. The van der Waals surface area contributed by atoms with Crippen LogP contribution in [0.2, 0.25) is 0 Å². The molecule has 92 valence electrons. The second-order valence-electron chi connectivity index (χ2n) is 3.27. The molecule has 0 rings (SSSR count). The van der Waals surface area contributed by atoms with Crippen LogP contribution in [0.3, 0.4) is 0 Å². The lowest BCUT2D eigenvalue weighted by Gasteiger charge is -2.16. The number of aliphatic hydroxyl groups excluding tert-OH is 1. The molecule has 0 aromatic heterocycles. The largest absolute Gasteiger partial charge is 0.396 e. The van der Waals surface area contributed by atoms with Crippen molar-refractivity contribution in [2.24, 2.45) is 0 Å². The zero-order chi connectivity index (χ0) is 11.7. The molecular formula is C9H21NO4S. The fourth-order valence-electron chi connectivity index (χ4n) is 1.03. The van der Waals surface area contributed by atoms with Gasteiger partial charge in [-0.15, -0.1) is 0 Å². The van der Waals surface area contributed by atoms with E-state index in [-0.39, 0.29) is 12.4 Å². The van der Waals surface area contributed by atoms with Gasteiger partial charge in [0.1, 0.15) is 0 Å². The molecule has 0 aliphatic carbocycles. The lowest BCUT2D eigenvalue weighted by Crippen LogP contribution is -2.32. The Bertz CT molecular complexity index is 240. The third-order valence-corrected chi connectivity index (χ3v) is 3.98. The summed E-state index contributed by atoms with van der Waals surface area (Å²) in [5.74, 6) is 0.0934. The van der Waals surface area contributed by atoms with Gasteiger partial charge in [-0.2, -0.15) is 0 Å². The summed E-state index contributed by atoms with van der Waals surface area (Å²) in [6.45, 7) is 3.31. The zero-order valence-corrected chi connectivity index (χ0v) is 10.3. The lowest BCUT2D eigenvalue weighted by atomic mass is 10.4. The smallest absolute Gasteiger partial charge is 0.213 e. The minimum Gasteiger partial charge on any atom is -0.396 e. The van der Waals surface area contributed by atoms with Crippen LogP contribution in [0.5, 0.6) is 0 Å². The van der Waals surface area contributed by atoms with Gasteiger partial charge in [0.25, 0.3) is 0 Å². The predicted octanol–water partition coefficient (Wildman–Crippen LogP) is 0.0570. The van der Waals surface area contributed by atoms with E-state index in [1.54, 1.807) is 7.05 Å². The summed E-state index contributed by atoms with van der Waals surface area (Å²) in [7, 11) is -1.62. The molecule has 15 heavy (non-hydrogen) atoms. The van der Waals surface area contributed by atoms with Crippen LogP contribution in [0, 0.1) is 0 Å². The maximum Gasteiger partial charge on any atom is 0.213 e. The first-order chi connectivity index (χ1) is 7.04. The van der Waals surface area contributed by atoms with Crippen LogP contribution < -0.4 is 0 Å². The van der Waals surface area contributed by atoms with Crippen molar-refractivity contribution in [3.8, 4) is 0 Å². The average molecular weight is 239 g/mol. The molecule has 6 heteroatoms. The molecule has 0 saturated carbocycles. The average Bonchev–Trinajstić information content (AvgIpc) is 2.18. The van der Waals surface area contributed by atoms with E-state index in [1.807, 2.05) is 6.92 Å². The lowest BCUT2D eigenvalue weighted by molar-refractivity contribution is 0.138. The highest BCUT2D eigenvalue weighted by Crippen LogP contribution is 2.02. The van der Waals surface area contributed by atoms with E-state index in [4.69, 9.17) is 9.84 Å². The number of rotatable bonds is 9. The fourth-order valence-corrected chi connectivity index (χ4v) is 2.26. The normalized spacial score (nSPS) is 12.3. The predicted molar refractivity (Wildman–Crippen MR) is 59.2 cm³/mol. The Labute approximate surface area is 92.1 Å². The van der Waals surface area contributed by atoms with Crippen LogP contribution in [0.15, 0.2) is 0 Å². The minimum atomic E-state index is -3.17. The van der Waals surface area contributed by atoms with E-state index in [0.717, 1.165) is 0 Å². The van der Waals surface area contributed by atoms with Gasteiger partial charge < -0.3 is 9.84 Å². The molecule has 0 atom stereocenters. The summed E-state index contributed by atoms with van der Waals surface area (Å²) < 4.78 is 29.6. The second kappa shape index (κ2) is 8.04. The highest BCUT2D eigenvalue weighted by Gasteiger charge is 2.16.